The SMILES string of the molecule is N#CC[C@@H](C1CCCC1)n1cc(C2=NC=NC3=NC=C[C@@H]32)cn1. The van der Waals surface area contributed by atoms with E-state index >= 15 is 0 Å². The molecule has 23 heavy (non-hydrogen) atoms. The van der Waals surface area contributed by atoms with Gasteiger partial charge in [-0.15, -0.1) is 0 Å². The van der Waals surface area contributed by atoms with Crippen LogP contribution in [0.4, 0.5) is 0 Å². The lowest BCUT2D eigenvalue weighted by Gasteiger charge is -2.21. The molecule has 1 fully saturated rings. The molecule has 2 aliphatic heterocycles. The van der Waals surface area contributed by atoms with E-state index in [0.29, 0.717) is 12.3 Å². The van der Waals surface area contributed by atoms with Gasteiger partial charge in [0.05, 0.1) is 36.4 Å². The minimum Gasteiger partial charge on any atom is -0.268 e. The molecule has 0 unspecified atom stereocenters. The van der Waals surface area contributed by atoms with E-state index in [9.17, 15) is 5.26 Å². The first kappa shape index (κ1) is 14.1. The van der Waals surface area contributed by atoms with E-state index in [4.69, 9.17) is 0 Å². The maximum Gasteiger partial charge on any atom is 0.142 e. The number of hydrogen-bond donors (Lipinski definition) is 0. The van der Waals surface area contributed by atoms with E-state index in [2.05, 4.69) is 26.1 Å². The standard InChI is InChI=1S/C17H18N6/c18-7-5-15(12-3-1-2-4-12)23-10-13(9-22-23)16-14-6-8-19-17(14)21-11-20-16/h6,8-12,14-15H,1-5H2/t14-,15+/m1/s1. The van der Waals surface area contributed by atoms with Crippen LogP contribution in [0.3, 0.4) is 0 Å². The normalized spacial score (nSPS) is 24.2. The van der Waals surface area contributed by atoms with Crippen LogP contribution in [0.1, 0.15) is 43.7 Å². The Kier molecular flexibility index (Phi) is 3.62. The molecule has 0 aromatic carbocycles. The monoisotopic (exact) mass is 306 g/mol. The van der Waals surface area contributed by atoms with E-state index in [0.717, 1.165) is 17.1 Å². The molecule has 3 aliphatic rings. The Bertz CT molecular complexity index is 754. The van der Waals surface area contributed by atoms with E-state index in [1.54, 1.807) is 12.5 Å². The Morgan fingerprint density at radius 1 is 1.30 bits per heavy atom. The minimum absolute atomic E-state index is 0.0264. The number of fused-ring (bicyclic) bond motifs is 1. The van der Waals surface area contributed by atoms with Crippen LogP contribution in [-0.2, 0) is 0 Å². The molecule has 2 atom stereocenters. The van der Waals surface area contributed by atoms with Crippen molar-refractivity contribution in [1.82, 2.24) is 9.78 Å². The number of hydrogen-bond acceptors (Lipinski definition) is 5. The molecule has 1 saturated carbocycles. The summed E-state index contributed by atoms with van der Waals surface area (Å²) in [7, 11) is 0. The summed E-state index contributed by atoms with van der Waals surface area (Å²) in [4.78, 5) is 12.9. The maximum atomic E-state index is 9.18. The highest BCUT2D eigenvalue weighted by Crippen LogP contribution is 2.36. The lowest BCUT2D eigenvalue weighted by atomic mass is 9.95. The van der Waals surface area contributed by atoms with Gasteiger partial charge >= 0.3 is 0 Å². The number of nitrogens with zero attached hydrogens (tertiary/aromatic N) is 6. The van der Waals surface area contributed by atoms with Gasteiger partial charge in [0.2, 0.25) is 0 Å². The molecule has 1 aliphatic carbocycles. The largest absolute Gasteiger partial charge is 0.268 e. The maximum absolute atomic E-state index is 9.18. The Labute approximate surface area is 135 Å². The molecule has 0 spiro atoms. The van der Waals surface area contributed by atoms with Crippen molar-refractivity contribution in [2.45, 2.75) is 38.1 Å². The average molecular weight is 306 g/mol. The lowest BCUT2D eigenvalue weighted by molar-refractivity contribution is 0.314. The number of amidine groups is 1. The molecule has 1 aromatic heterocycles. The summed E-state index contributed by atoms with van der Waals surface area (Å²) in [6.45, 7) is 0. The van der Waals surface area contributed by atoms with Crippen LogP contribution < -0.4 is 0 Å². The fourth-order valence-corrected chi connectivity index (χ4v) is 3.75. The van der Waals surface area contributed by atoms with Gasteiger partial charge in [0.1, 0.15) is 12.2 Å². The summed E-state index contributed by atoms with van der Waals surface area (Å²) in [5.74, 6) is 1.37. The predicted octanol–water partition coefficient (Wildman–Crippen LogP) is 2.90. The average Bonchev–Trinajstić information content (AvgIpc) is 3.32. The molecule has 116 valence electrons. The second-order valence-corrected chi connectivity index (χ2v) is 6.25. The highest BCUT2D eigenvalue weighted by Gasteiger charge is 2.29. The Hall–Kier alpha value is -2.55. The van der Waals surface area contributed by atoms with Crippen LogP contribution in [0.5, 0.6) is 0 Å². The molecule has 0 N–H and O–H groups in total. The molecule has 6 nitrogen and oxygen atoms in total. The third-order valence-corrected chi connectivity index (χ3v) is 4.93. The summed E-state index contributed by atoms with van der Waals surface area (Å²) in [5.41, 5.74) is 1.92. The number of rotatable bonds is 4. The highest BCUT2D eigenvalue weighted by molar-refractivity contribution is 6.21. The van der Waals surface area contributed by atoms with Crippen molar-refractivity contribution in [2.24, 2.45) is 26.8 Å². The van der Waals surface area contributed by atoms with Crippen molar-refractivity contribution in [2.75, 3.05) is 0 Å². The summed E-state index contributed by atoms with van der Waals surface area (Å²) in [6.07, 6.45) is 14.6. The summed E-state index contributed by atoms with van der Waals surface area (Å²) in [5, 5.41) is 13.7. The summed E-state index contributed by atoms with van der Waals surface area (Å²) < 4.78 is 1.97. The van der Waals surface area contributed by atoms with E-state index < -0.39 is 0 Å². The quantitative estimate of drug-likeness (QED) is 0.857. The first-order valence-electron chi connectivity index (χ1n) is 8.13. The topological polar surface area (TPSA) is 78.7 Å². The lowest BCUT2D eigenvalue weighted by Crippen LogP contribution is -2.23. The minimum atomic E-state index is 0.0264. The third kappa shape index (κ3) is 2.52. The molecule has 1 aromatic rings. The molecule has 0 radical (unpaired) electrons. The van der Waals surface area contributed by atoms with Crippen LogP contribution in [0, 0.1) is 23.2 Å². The van der Waals surface area contributed by atoms with Crippen molar-refractivity contribution in [1.29, 1.82) is 5.26 Å². The molecule has 4 rings (SSSR count). The molecule has 0 amide bonds. The van der Waals surface area contributed by atoms with Crippen molar-refractivity contribution < 1.29 is 0 Å². The van der Waals surface area contributed by atoms with Gasteiger partial charge in [0.15, 0.2) is 0 Å². The molecular weight excluding hydrogens is 288 g/mol. The van der Waals surface area contributed by atoms with Gasteiger partial charge in [0, 0.05) is 18.0 Å². The van der Waals surface area contributed by atoms with Crippen molar-refractivity contribution in [3.05, 3.63) is 30.2 Å². The molecule has 3 heterocycles. The first-order chi connectivity index (χ1) is 11.4. The van der Waals surface area contributed by atoms with Gasteiger partial charge in [-0.2, -0.15) is 10.4 Å². The van der Waals surface area contributed by atoms with E-state index in [1.165, 1.54) is 25.7 Å². The van der Waals surface area contributed by atoms with Crippen LogP contribution in [0.25, 0.3) is 0 Å². The van der Waals surface area contributed by atoms with Crippen LogP contribution in [0.2, 0.25) is 0 Å². The fraction of sp³-hybridized carbons (Fsp3) is 0.471. The smallest absolute Gasteiger partial charge is 0.142 e. The first-order valence-corrected chi connectivity index (χ1v) is 8.13. The van der Waals surface area contributed by atoms with Crippen molar-refractivity contribution >= 4 is 17.9 Å². The Balaban J connectivity index is 1.62. The predicted molar refractivity (Wildman–Crippen MR) is 88.5 cm³/mol. The van der Waals surface area contributed by atoms with Gasteiger partial charge in [-0.1, -0.05) is 12.8 Å². The number of aliphatic imine (C=N–C) groups is 3. The van der Waals surface area contributed by atoms with Crippen LogP contribution in [0.15, 0.2) is 39.6 Å². The summed E-state index contributed by atoms with van der Waals surface area (Å²) in [6, 6.07) is 2.49. The van der Waals surface area contributed by atoms with Gasteiger partial charge in [-0.05, 0) is 24.8 Å². The zero-order valence-corrected chi connectivity index (χ0v) is 12.8. The van der Waals surface area contributed by atoms with Gasteiger partial charge < -0.3 is 0 Å². The molecule has 0 saturated heterocycles. The number of aromatic nitrogens is 2. The van der Waals surface area contributed by atoms with Crippen molar-refractivity contribution in [3.8, 4) is 6.07 Å². The summed E-state index contributed by atoms with van der Waals surface area (Å²) >= 11 is 0. The van der Waals surface area contributed by atoms with Crippen molar-refractivity contribution in [3.63, 3.8) is 0 Å². The zero-order chi connectivity index (χ0) is 15.6. The van der Waals surface area contributed by atoms with E-state index in [-0.39, 0.29) is 12.0 Å². The second-order valence-electron chi connectivity index (χ2n) is 6.25. The highest BCUT2D eigenvalue weighted by atomic mass is 15.3. The van der Waals surface area contributed by atoms with Crippen LogP contribution in [-0.4, -0.2) is 27.7 Å². The Morgan fingerprint density at radius 2 is 2.17 bits per heavy atom. The van der Waals surface area contributed by atoms with Gasteiger partial charge in [-0.25, -0.2) is 15.0 Å². The van der Waals surface area contributed by atoms with Crippen LogP contribution >= 0.6 is 0 Å². The fourth-order valence-electron chi connectivity index (χ4n) is 3.75. The molecule has 0 bridgehead atoms. The number of nitriles is 1. The van der Waals surface area contributed by atoms with E-state index in [1.807, 2.05) is 23.2 Å². The Morgan fingerprint density at radius 3 is 3.00 bits per heavy atom. The van der Waals surface area contributed by atoms with Gasteiger partial charge in [0.25, 0.3) is 0 Å². The molecular formula is C17H18N6. The third-order valence-electron chi connectivity index (χ3n) is 4.93. The second kappa shape index (κ2) is 5.92. The molecule has 6 heteroatoms. The zero-order valence-electron chi connectivity index (χ0n) is 12.8. The van der Waals surface area contributed by atoms with Gasteiger partial charge in [-0.3, -0.25) is 4.68 Å².